The average Bonchev–Trinajstić information content (AvgIpc) is 2.93. The highest BCUT2D eigenvalue weighted by Crippen LogP contribution is 2.39. The molecule has 4 aromatic rings. The highest BCUT2D eigenvalue weighted by atomic mass is 15.2. The molecule has 1 nitrogen and oxygen atoms in total. The van der Waals surface area contributed by atoms with Crippen molar-refractivity contribution in [2.75, 3.05) is 6.54 Å². The Balaban J connectivity index is 1.74. The van der Waals surface area contributed by atoms with Crippen LogP contribution in [0, 0.1) is 5.92 Å². The van der Waals surface area contributed by atoms with Crippen LogP contribution in [0.1, 0.15) is 80.3 Å². The molecule has 0 fully saturated rings. The van der Waals surface area contributed by atoms with Crippen LogP contribution in [0.15, 0.2) is 121 Å². The van der Waals surface area contributed by atoms with Crippen molar-refractivity contribution in [1.82, 2.24) is 4.90 Å². The third-order valence-corrected chi connectivity index (χ3v) is 7.07. The standard InChI is InChI=1S/C35H41N/c1-29(2)19-9-3-4-18-28-36(34(30-20-10-5-11-21-30)31-22-12-6-13-23-31)35(32-24-14-7-15-25-32)33-26-16-8-17-27-33/h5-8,10-17,20-27,29,34-35H,3-4,9,18-19,28H2,1-2H3. The zero-order chi connectivity index (χ0) is 25.0. The van der Waals surface area contributed by atoms with Crippen molar-refractivity contribution in [1.29, 1.82) is 0 Å². The maximum absolute atomic E-state index is 2.75. The minimum Gasteiger partial charge on any atom is -0.281 e. The van der Waals surface area contributed by atoms with Crippen LogP contribution in [-0.4, -0.2) is 11.4 Å². The van der Waals surface area contributed by atoms with E-state index in [4.69, 9.17) is 0 Å². The monoisotopic (exact) mass is 475 g/mol. The molecule has 0 saturated heterocycles. The van der Waals surface area contributed by atoms with Gasteiger partial charge in [-0.25, -0.2) is 0 Å². The molecule has 0 unspecified atom stereocenters. The lowest BCUT2D eigenvalue weighted by atomic mass is 9.90. The topological polar surface area (TPSA) is 3.24 Å². The maximum atomic E-state index is 2.75. The second-order valence-corrected chi connectivity index (χ2v) is 10.3. The molecule has 0 bridgehead atoms. The Morgan fingerprint density at radius 3 is 1.11 bits per heavy atom. The molecular formula is C35H41N. The van der Waals surface area contributed by atoms with E-state index < -0.39 is 0 Å². The second-order valence-electron chi connectivity index (χ2n) is 10.3. The minimum absolute atomic E-state index is 0.175. The summed E-state index contributed by atoms with van der Waals surface area (Å²) in [5, 5.41) is 0. The van der Waals surface area contributed by atoms with Gasteiger partial charge in [0.25, 0.3) is 0 Å². The van der Waals surface area contributed by atoms with E-state index in [9.17, 15) is 0 Å². The fraction of sp³-hybridized carbons (Fsp3) is 0.314. The largest absolute Gasteiger partial charge is 0.281 e. The van der Waals surface area contributed by atoms with Crippen LogP contribution in [0.25, 0.3) is 0 Å². The molecule has 4 aromatic carbocycles. The highest BCUT2D eigenvalue weighted by Gasteiger charge is 2.30. The minimum atomic E-state index is 0.175. The quantitative estimate of drug-likeness (QED) is 0.174. The van der Waals surface area contributed by atoms with Crippen molar-refractivity contribution in [3.8, 4) is 0 Å². The van der Waals surface area contributed by atoms with E-state index in [1.165, 1.54) is 54.4 Å². The Labute approximate surface area is 218 Å². The molecule has 0 aliphatic heterocycles. The van der Waals surface area contributed by atoms with Crippen molar-refractivity contribution in [2.45, 2.75) is 58.0 Å². The molecule has 0 radical (unpaired) electrons. The van der Waals surface area contributed by atoms with E-state index in [1.807, 2.05) is 0 Å². The first-order valence-corrected chi connectivity index (χ1v) is 13.7. The Bertz CT molecular complexity index is 944. The van der Waals surface area contributed by atoms with Crippen LogP contribution in [0.2, 0.25) is 0 Å². The molecule has 0 heterocycles. The number of benzene rings is 4. The van der Waals surface area contributed by atoms with Gasteiger partial charge in [0.1, 0.15) is 0 Å². The Hall–Kier alpha value is -3.16. The molecule has 0 spiro atoms. The van der Waals surface area contributed by atoms with Gasteiger partial charge in [0.15, 0.2) is 0 Å². The lowest BCUT2D eigenvalue weighted by molar-refractivity contribution is 0.175. The molecule has 186 valence electrons. The van der Waals surface area contributed by atoms with E-state index in [1.54, 1.807) is 0 Å². The first-order chi connectivity index (χ1) is 17.7. The van der Waals surface area contributed by atoms with Gasteiger partial charge in [0, 0.05) is 6.54 Å². The summed E-state index contributed by atoms with van der Waals surface area (Å²) in [5.74, 6) is 0.794. The first kappa shape index (κ1) is 25.9. The van der Waals surface area contributed by atoms with E-state index >= 15 is 0 Å². The van der Waals surface area contributed by atoms with Gasteiger partial charge in [-0.1, -0.05) is 161 Å². The van der Waals surface area contributed by atoms with Crippen molar-refractivity contribution in [2.24, 2.45) is 5.92 Å². The van der Waals surface area contributed by atoms with Gasteiger partial charge in [-0.15, -0.1) is 0 Å². The SMILES string of the molecule is CC(C)CCCCCCN(C(c1ccccc1)c1ccccc1)C(c1ccccc1)c1ccccc1. The predicted molar refractivity (Wildman–Crippen MR) is 154 cm³/mol. The molecule has 0 N–H and O–H groups in total. The first-order valence-electron chi connectivity index (χ1n) is 13.7. The fourth-order valence-corrected chi connectivity index (χ4v) is 5.30. The van der Waals surface area contributed by atoms with Gasteiger partial charge in [-0.2, -0.15) is 0 Å². The zero-order valence-electron chi connectivity index (χ0n) is 22.0. The van der Waals surface area contributed by atoms with Gasteiger partial charge in [-0.3, -0.25) is 4.90 Å². The third-order valence-electron chi connectivity index (χ3n) is 7.07. The van der Waals surface area contributed by atoms with Crippen LogP contribution in [0.5, 0.6) is 0 Å². The maximum Gasteiger partial charge on any atom is 0.0610 e. The Morgan fingerprint density at radius 2 is 0.778 bits per heavy atom. The second kappa shape index (κ2) is 13.8. The zero-order valence-corrected chi connectivity index (χ0v) is 22.0. The molecule has 0 atom stereocenters. The molecule has 1 heteroatoms. The summed E-state index contributed by atoms with van der Waals surface area (Å²) in [5.41, 5.74) is 5.39. The summed E-state index contributed by atoms with van der Waals surface area (Å²) in [4.78, 5) is 2.75. The van der Waals surface area contributed by atoms with Crippen LogP contribution in [0.4, 0.5) is 0 Å². The average molecular weight is 476 g/mol. The van der Waals surface area contributed by atoms with Crippen LogP contribution >= 0.6 is 0 Å². The summed E-state index contributed by atoms with van der Waals surface area (Å²) < 4.78 is 0. The lowest BCUT2D eigenvalue weighted by Crippen LogP contribution is -2.35. The molecule has 0 aromatic heterocycles. The van der Waals surface area contributed by atoms with Crippen LogP contribution in [0.3, 0.4) is 0 Å². The van der Waals surface area contributed by atoms with E-state index in [0.717, 1.165) is 12.5 Å². The van der Waals surface area contributed by atoms with Gasteiger partial charge >= 0.3 is 0 Å². The van der Waals surface area contributed by atoms with Crippen LogP contribution in [-0.2, 0) is 0 Å². The predicted octanol–water partition coefficient (Wildman–Crippen LogP) is 9.47. The summed E-state index contributed by atoms with van der Waals surface area (Å²) >= 11 is 0. The number of unbranched alkanes of at least 4 members (excludes halogenated alkanes) is 3. The smallest absolute Gasteiger partial charge is 0.0610 e. The van der Waals surface area contributed by atoms with E-state index in [-0.39, 0.29) is 12.1 Å². The summed E-state index contributed by atoms with van der Waals surface area (Å²) in [6.07, 6.45) is 6.45. The molecule has 4 rings (SSSR count). The van der Waals surface area contributed by atoms with Gasteiger partial charge < -0.3 is 0 Å². The number of hydrogen-bond donors (Lipinski definition) is 0. The summed E-state index contributed by atoms with van der Waals surface area (Å²) in [7, 11) is 0. The molecule has 0 saturated carbocycles. The molecule has 36 heavy (non-hydrogen) atoms. The molecule has 0 aliphatic rings. The van der Waals surface area contributed by atoms with Gasteiger partial charge in [-0.05, 0) is 34.6 Å². The Morgan fingerprint density at radius 1 is 0.444 bits per heavy atom. The molecular weight excluding hydrogens is 434 g/mol. The van der Waals surface area contributed by atoms with Crippen molar-refractivity contribution in [3.05, 3.63) is 144 Å². The van der Waals surface area contributed by atoms with Gasteiger partial charge in [0.2, 0.25) is 0 Å². The van der Waals surface area contributed by atoms with E-state index in [2.05, 4.69) is 140 Å². The molecule has 0 amide bonds. The summed E-state index contributed by atoms with van der Waals surface area (Å²) in [6, 6.07) is 44.6. The van der Waals surface area contributed by atoms with E-state index in [0.29, 0.717) is 0 Å². The highest BCUT2D eigenvalue weighted by molar-refractivity contribution is 5.37. The molecule has 0 aliphatic carbocycles. The summed E-state index contributed by atoms with van der Waals surface area (Å²) in [6.45, 7) is 5.71. The van der Waals surface area contributed by atoms with Crippen molar-refractivity contribution in [3.63, 3.8) is 0 Å². The fourth-order valence-electron chi connectivity index (χ4n) is 5.30. The van der Waals surface area contributed by atoms with Crippen molar-refractivity contribution < 1.29 is 0 Å². The van der Waals surface area contributed by atoms with Crippen LogP contribution < -0.4 is 0 Å². The normalized spacial score (nSPS) is 11.6. The number of nitrogens with zero attached hydrogens (tertiary/aromatic N) is 1. The third kappa shape index (κ3) is 7.18. The Kier molecular flexibility index (Phi) is 9.94. The van der Waals surface area contributed by atoms with Gasteiger partial charge in [0.05, 0.1) is 12.1 Å². The number of rotatable bonds is 13. The van der Waals surface area contributed by atoms with Crippen molar-refractivity contribution >= 4 is 0 Å². The lowest BCUT2D eigenvalue weighted by Gasteiger charge is -2.39. The number of hydrogen-bond acceptors (Lipinski definition) is 1.